The van der Waals surface area contributed by atoms with Crippen molar-refractivity contribution in [2.45, 2.75) is 249 Å². The Labute approximate surface area is 380 Å². The zero-order valence-corrected chi connectivity index (χ0v) is 40.0. The molecule has 63 heavy (non-hydrogen) atoms. The van der Waals surface area contributed by atoms with Crippen molar-refractivity contribution in [3.63, 3.8) is 0 Å². The van der Waals surface area contributed by atoms with Crippen molar-refractivity contribution in [2.24, 2.45) is 0 Å². The number of aliphatic hydroxyl groups is 5. The van der Waals surface area contributed by atoms with Crippen LogP contribution in [0.5, 0.6) is 0 Å². The minimum Gasteiger partial charge on any atom is -0.462 e. The first-order chi connectivity index (χ1) is 30.4. The first kappa shape index (κ1) is 59.1. The molecule has 14 heteroatoms. The third-order valence-electron chi connectivity index (χ3n) is 11.5. The molecule has 13 nitrogen and oxygen atoms in total. The van der Waals surface area contributed by atoms with Crippen LogP contribution in [0.4, 0.5) is 0 Å². The molecule has 0 radical (unpaired) electrons. The second-order valence-corrected chi connectivity index (χ2v) is 18.7. The van der Waals surface area contributed by atoms with Gasteiger partial charge in [0.2, 0.25) is 0 Å². The number of phosphoric ester groups is 1. The fraction of sp³-hybridized carbons (Fsp3) is 0.837. The lowest BCUT2D eigenvalue weighted by Gasteiger charge is -2.41. The molecule has 1 saturated carbocycles. The number of carbonyl (C=O) groups excluding carboxylic acids is 2. The van der Waals surface area contributed by atoms with Crippen LogP contribution in [0.15, 0.2) is 36.5 Å². The summed E-state index contributed by atoms with van der Waals surface area (Å²) < 4.78 is 33.6. The second-order valence-electron chi connectivity index (χ2n) is 17.3. The number of allylic oxidation sites excluding steroid dienone is 6. The van der Waals surface area contributed by atoms with E-state index in [1.165, 1.54) is 83.5 Å². The van der Waals surface area contributed by atoms with Crippen molar-refractivity contribution < 1.29 is 63.1 Å². The van der Waals surface area contributed by atoms with E-state index in [2.05, 4.69) is 50.3 Å². The predicted octanol–water partition coefficient (Wildman–Crippen LogP) is 10.2. The van der Waals surface area contributed by atoms with E-state index in [1.807, 2.05) is 0 Å². The number of unbranched alkanes of at least 4 members (excludes halogenated alkanes) is 23. The number of hydrogen-bond acceptors (Lipinski definition) is 12. The predicted molar refractivity (Wildman–Crippen MR) is 249 cm³/mol. The quantitative estimate of drug-likeness (QED) is 0.0146. The van der Waals surface area contributed by atoms with Gasteiger partial charge in [0.05, 0.1) is 6.61 Å². The third-order valence-corrected chi connectivity index (χ3v) is 12.5. The van der Waals surface area contributed by atoms with Crippen LogP contribution in [0.1, 0.15) is 206 Å². The fourth-order valence-electron chi connectivity index (χ4n) is 7.54. The summed E-state index contributed by atoms with van der Waals surface area (Å²) in [5.74, 6) is -1.10. The van der Waals surface area contributed by atoms with Crippen LogP contribution in [0.3, 0.4) is 0 Å². The number of phosphoric acid groups is 1. The summed E-state index contributed by atoms with van der Waals surface area (Å²) in [6.07, 6.45) is 31.9. The van der Waals surface area contributed by atoms with Crippen LogP contribution in [0.2, 0.25) is 0 Å². The average Bonchev–Trinajstić information content (AvgIpc) is 3.26. The van der Waals surface area contributed by atoms with Crippen molar-refractivity contribution in [1.29, 1.82) is 0 Å². The fourth-order valence-corrected chi connectivity index (χ4v) is 8.51. The van der Waals surface area contributed by atoms with Gasteiger partial charge in [0, 0.05) is 12.8 Å². The number of esters is 2. The third kappa shape index (κ3) is 31.6. The van der Waals surface area contributed by atoms with Gasteiger partial charge in [-0.15, -0.1) is 0 Å². The van der Waals surface area contributed by atoms with Gasteiger partial charge >= 0.3 is 19.8 Å². The van der Waals surface area contributed by atoms with Gasteiger partial charge < -0.3 is 39.9 Å². The van der Waals surface area contributed by atoms with Gasteiger partial charge in [-0.25, -0.2) is 4.57 Å². The van der Waals surface area contributed by atoms with E-state index in [1.54, 1.807) is 0 Å². The Bertz CT molecular complexity index is 1240. The minimum atomic E-state index is -5.12. The van der Waals surface area contributed by atoms with Crippen molar-refractivity contribution >= 4 is 19.8 Å². The summed E-state index contributed by atoms with van der Waals surface area (Å²) >= 11 is 0. The largest absolute Gasteiger partial charge is 0.472 e. The van der Waals surface area contributed by atoms with E-state index in [0.717, 1.165) is 83.5 Å². The molecule has 6 N–H and O–H groups in total. The summed E-state index contributed by atoms with van der Waals surface area (Å²) in [4.78, 5) is 35.8. The van der Waals surface area contributed by atoms with Crippen LogP contribution in [-0.4, -0.2) is 98.3 Å². The van der Waals surface area contributed by atoms with Crippen LogP contribution in [-0.2, 0) is 32.7 Å². The first-order valence-corrected chi connectivity index (χ1v) is 26.3. The Hall–Kier alpha value is -1.93. The minimum absolute atomic E-state index is 0.0870. The Morgan fingerprint density at radius 3 is 1.38 bits per heavy atom. The number of aliphatic hydroxyl groups excluding tert-OH is 5. The first-order valence-electron chi connectivity index (χ1n) is 24.8. The topological polar surface area (TPSA) is 210 Å². The molecule has 0 aliphatic heterocycles. The average molecular weight is 917 g/mol. The maximum Gasteiger partial charge on any atom is 0.472 e. The zero-order chi connectivity index (χ0) is 46.4. The van der Waals surface area contributed by atoms with Crippen LogP contribution in [0, 0.1) is 0 Å². The van der Waals surface area contributed by atoms with Gasteiger partial charge in [0.15, 0.2) is 6.10 Å². The lowest BCUT2D eigenvalue weighted by atomic mass is 9.85. The molecule has 0 saturated heterocycles. The van der Waals surface area contributed by atoms with Gasteiger partial charge in [0.1, 0.15) is 43.2 Å². The Kier molecular flexibility index (Phi) is 36.8. The maximum absolute atomic E-state index is 12.8. The van der Waals surface area contributed by atoms with E-state index < -0.39 is 75.7 Å². The highest BCUT2D eigenvalue weighted by atomic mass is 31.2. The number of hydrogen-bond donors (Lipinski definition) is 6. The molecule has 0 aromatic heterocycles. The van der Waals surface area contributed by atoms with Crippen molar-refractivity contribution in [2.75, 3.05) is 13.2 Å². The Morgan fingerprint density at radius 2 is 0.905 bits per heavy atom. The Balaban J connectivity index is 2.42. The van der Waals surface area contributed by atoms with Gasteiger partial charge in [-0.2, -0.15) is 0 Å². The molecule has 0 aromatic rings. The number of rotatable bonds is 41. The molecule has 368 valence electrons. The van der Waals surface area contributed by atoms with Gasteiger partial charge in [-0.05, 0) is 44.9 Å². The Morgan fingerprint density at radius 1 is 0.508 bits per heavy atom. The molecule has 0 heterocycles. The van der Waals surface area contributed by atoms with E-state index in [0.29, 0.717) is 12.8 Å². The molecule has 6 atom stereocenters. The van der Waals surface area contributed by atoms with Crippen LogP contribution in [0.25, 0.3) is 0 Å². The van der Waals surface area contributed by atoms with Crippen LogP contribution >= 0.6 is 7.82 Å². The van der Waals surface area contributed by atoms with E-state index in [9.17, 15) is 44.6 Å². The van der Waals surface area contributed by atoms with Crippen molar-refractivity contribution in [3.05, 3.63) is 36.5 Å². The molecular formula is C49H89O13P. The molecule has 0 amide bonds. The second kappa shape index (κ2) is 39.3. The zero-order valence-electron chi connectivity index (χ0n) is 39.1. The summed E-state index contributed by atoms with van der Waals surface area (Å²) in [6, 6.07) is 0. The maximum atomic E-state index is 12.8. The highest BCUT2D eigenvalue weighted by molar-refractivity contribution is 7.47. The highest BCUT2D eigenvalue weighted by Crippen LogP contribution is 2.47. The van der Waals surface area contributed by atoms with E-state index in [-0.39, 0.29) is 12.8 Å². The summed E-state index contributed by atoms with van der Waals surface area (Å²) in [6.45, 7) is 3.20. The molecule has 1 aliphatic rings. The van der Waals surface area contributed by atoms with Crippen molar-refractivity contribution in [3.8, 4) is 0 Å². The molecule has 6 unspecified atom stereocenters. The number of ether oxygens (including phenoxy) is 2. The lowest BCUT2D eigenvalue weighted by molar-refractivity contribution is -0.220. The molecular weight excluding hydrogens is 828 g/mol. The normalized spacial score (nSPS) is 22.0. The van der Waals surface area contributed by atoms with Gasteiger partial charge in [-0.1, -0.05) is 185 Å². The van der Waals surface area contributed by atoms with E-state index in [4.69, 9.17) is 18.5 Å². The highest BCUT2D eigenvalue weighted by Gasteiger charge is 2.51. The smallest absolute Gasteiger partial charge is 0.462 e. The SMILES string of the molecule is CC/C=C\C/C=C\C/C=C\CCCCCCCCCC(=O)OC(COC(=O)CCCCCCCCCCCCCCCCCCC)COP(=O)(O)OC1C(O)C(O)C(O)C(O)C1O. The summed E-state index contributed by atoms with van der Waals surface area (Å²) in [5.41, 5.74) is 0. The molecule has 0 aromatic carbocycles. The van der Waals surface area contributed by atoms with Crippen molar-refractivity contribution in [1.82, 2.24) is 0 Å². The molecule has 0 spiro atoms. The number of carbonyl (C=O) groups is 2. The van der Waals surface area contributed by atoms with Gasteiger partial charge in [-0.3, -0.25) is 18.6 Å². The molecule has 1 aliphatic carbocycles. The summed E-state index contributed by atoms with van der Waals surface area (Å²) in [5, 5.41) is 50.2. The van der Waals surface area contributed by atoms with Crippen LogP contribution < -0.4 is 0 Å². The van der Waals surface area contributed by atoms with E-state index >= 15 is 0 Å². The monoisotopic (exact) mass is 917 g/mol. The molecule has 1 fully saturated rings. The van der Waals surface area contributed by atoms with Gasteiger partial charge in [0.25, 0.3) is 0 Å². The summed E-state index contributed by atoms with van der Waals surface area (Å²) in [7, 11) is -5.12. The molecule has 1 rings (SSSR count). The molecule has 0 bridgehead atoms. The standard InChI is InChI=1S/C49H89O13P/c1-3-5-7-9-11-13-15-17-19-21-23-25-27-29-31-33-35-37-42(50)59-39-41(40-60-63(57,58)62-49-47(55)45(53)44(52)46(54)48(49)56)61-43(51)38-36-34-32-30-28-26-24-22-20-18-16-14-12-10-8-6-4-2/h6,8,12,14,18,20,41,44-49,52-56H,3-5,7,9-11,13,15-17,19,21-40H2,1-2H3,(H,57,58)/b8-6-,14-12-,20-18-. The lowest BCUT2D eigenvalue weighted by Crippen LogP contribution is -2.64.